The minimum Gasteiger partial charge on any atom is -0.462 e. The molecule has 10 nitrogen and oxygen atoms in total. The Balaban J connectivity index is 1.32. The average Bonchev–Trinajstić information content (AvgIpc) is 3.35. The first-order chi connectivity index (χ1) is 20.9. The number of anilines is 2. The van der Waals surface area contributed by atoms with Crippen LogP contribution >= 0.6 is 0 Å². The SMILES string of the molecule is C=CC(=O)N1CCN(c2nc(OC[C@@H]3C[C@@H](O)CN3C)nc3c2CCN(c2cccc4c2C=CCC4C)C3)C[C@@H]1CC#N. The van der Waals surface area contributed by atoms with E-state index in [1.54, 1.807) is 4.90 Å². The van der Waals surface area contributed by atoms with Gasteiger partial charge in [0.2, 0.25) is 5.91 Å². The van der Waals surface area contributed by atoms with E-state index in [9.17, 15) is 15.2 Å². The highest BCUT2D eigenvalue weighted by atomic mass is 16.5. The molecule has 1 amide bonds. The summed E-state index contributed by atoms with van der Waals surface area (Å²) in [5.41, 5.74) is 5.95. The normalized spacial score (nSPS) is 25.2. The third kappa shape index (κ3) is 5.84. The molecule has 1 aliphatic carbocycles. The molecule has 4 aliphatic rings. The third-order valence-electron chi connectivity index (χ3n) is 9.42. The number of carbonyl (C=O) groups is 1. The minimum atomic E-state index is -0.354. The number of rotatable bonds is 7. The number of aliphatic hydroxyl groups is 1. The molecule has 1 aromatic carbocycles. The number of likely N-dealkylation sites (N-methyl/N-ethyl adjacent to an activating group) is 1. The van der Waals surface area contributed by atoms with E-state index >= 15 is 0 Å². The Hall–Kier alpha value is -3.94. The molecular weight excluding hydrogens is 542 g/mol. The van der Waals surface area contributed by atoms with Crippen LogP contribution in [0.3, 0.4) is 0 Å². The number of hydrogen-bond acceptors (Lipinski definition) is 9. The maximum Gasteiger partial charge on any atom is 0.318 e. The largest absolute Gasteiger partial charge is 0.462 e. The number of likely N-dealkylation sites (tertiary alicyclic amines) is 1. The molecule has 2 fully saturated rings. The molecule has 6 rings (SSSR count). The van der Waals surface area contributed by atoms with Crippen molar-refractivity contribution < 1.29 is 14.6 Å². The number of aliphatic hydroxyl groups excluding tert-OH is 1. The Morgan fingerprint density at radius 1 is 1.21 bits per heavy atom. The van der Waals surface area contributed by atoms with Crippen molar-refractivity contribution in [2.24, 2.45) is 0 Å². The molecule has 4 atom stereocenters. The first-order valence-corrected chi connectivity index (χ1v) is 15.4. The van der Waals surface area contributed by atoms with E-state index in [0.29, 0.717) is 57.7 Å². The molecule has 3 aliphatic heterocycles. The van der Waals surface area contributed by atoms with Crippen LogP contribution in [0.1, 0.15) is 54.5 Å². The molecular formula is C33H41N7O3. The van der Waals surface area contributed by atoms with Crippen molar-refractivity contribution in [1.29, 1.82) is 5.26 Å². The smallest absolute Gasteiger partial charge is 0.318 e. The number of aromatic nitrogens is 2. The number of piperazine rings is 1. The Kier molecular flexibility index (Phi) is 8.37. The zero-order valence-corrected chi connectivity index (χ0v) is 25.2. The lowest BCUT2D eigenvalue weighted by atomic mass is 9.87. The predicted molar refractivity (Wildman–Crippen MR) is 166 cm³/mol. The fourth-order valence-corrected chi connectivity index (χ4v) is 7.05. The van der Waals surface area contributed by atoms with E-state index in [4.69, 9.17) is 14.7 Å². The zero-order valence-electron chi connectivity index (χ0n) is 25.2. The maximum atomic E-state index is 12.5. The van der Waals surface area contributed by atoms with Crippen LogP contribution in [0.5, 0.6) is 6.01 Å². The number of nitrogens with zero attached hydrogens (tertiary/aromatic N) is 7. The summed E-state index contributed by atoms with van der Waals surface area (Å²) < 4.78 is 6.24. The Labute approximate surface area is 253 Å². The predicted octanol–water partition coefficient (Wildman–Crippen LogP) is 3.12. The lowest BCUT2D eigenvalue weighted by Gasteiger charge is -2.42. The number of benzene rings is 1. The van der Waals surface area contributed by atoms with Gasteiger partial charge in [-0.1, -0.05) is 37.8 Å². The number of β-amino-alcohol motifs (C(OH)–C–C–N with tert-alkyl or cyclic N) is 1. The average molecular weight is 584 g/mol. The highest BCUT2D eigenvalue weighted by Gasteiger charge is 2.34. The summed E-state index contributed by atoms with van der Waals surface area (Å²) in [5.74, 6) is 1.17. The van der Waals surface area contributed by atoms with Crippen LogP contribution in [0.4, 0.5) is 11.5 Å². The van der Waals surface area contributed by atoms with Crippen LogP contribution in [-0.2, 0) is 17.8 Å². The van der Waals surface area contributed by atoms with E-state index in [-0.39, 0.29) is 30.5 Å². The van der Waals surface area contributed by atoms with Crippen molar-refractivity contribution >= 4 is 23.5 Å². The third-order valence-corrected chi connectivity index (χ3v) is 9.42. The molecule has 226 valence electrons. The number of fused-ring (bicyclic) bond motifs is 2. The topological polar surface area (TPSA) is 109 Å². The molecule has 0 spiro atoms. The van der Waals surface area contributed by atoms with Gasteiger partial charge in [0.25, 0.3) is 0 Å². The van der Waals surface area contributed by atoms with E-state index in [2.05, 4.69) is 64.6 Å². The highest BCUT2D eigenvalue weighted by Crippen LogP contribution is 2.38. The summed E-state index contributed by atoms with van der Waals surface area (Å²) in [5, 5.41) is 19.6. The van der Waals surface area contributed by atoms with Crippen LogP contribution in [0.2, 0.25) is 0 Å². The maximum absolute atomic E-state index is 12.5. The molecule has 0 bridgehead atoms. The van der Waals surface area contributed by atoms with Gasteiger partial charge < -0.3 is 24.5 Å². The lowest BCUT2D eigenvalue weighted by Crippen LogP contribution is -2.55. The second-order valence-electron chi connectivity index (χ2n) is 12.2. The fourth-order valence-electron chi connectivity index (χ4n) is 7.05. The summed E-state index contributed by atoms with van der Waals surface area (Å²) >= 11 is 0. The van der Waals surface area contributed by atoms with Crippen molar-refractivity contribution in [3.05, 3.63) is 59.3 Å². The summed E-state index contributed by atoms with van der Waals surface area (Å²) in [4.78, 5) is 30.9. The minimum absolute atomic E-state index is 0.0904. The molecule has 1 aromatic heterocycles. The van der Waals surface area contributed by atoms with Gasteiger partial charge in [-0.3, -0.25) is 9.69 Å². The van der Waals surface area contributed by atoms with Crippen molar-refractivity contribution in [2.45, 2.75) is 63.3 Å². The standard InChI is InChI=1S/C33H41N7O3/c1-4-31(42)40-16-15-39(18-23(40)11-13-34)32-28-12-14-38(30-10-6-8-26-22(2)7-5-9-27(26)30)20-29(28)35-33(36-32)43-21-24-17-25(41)19-37(24)3/h4-6,8-10,22-25,41H,1,7,11-12,14-21H2,2-3H3/t22?,23-,24-,25+/m0/s1. The molecule has 0 saturated carbocycles. The second-order valence-corrected chi connectivity index (χ2v) is 12.2. The van der Waals surface area contributed by atoms with Gasteiger partial charge in [0.15, 0.2) is 0 Å². The van der Waals surface area contributed by atoms with Crippen molar-refractivity contribution in [3.8, 4) is 12.1 Å². The van der Waals surface area contributed by atoms with E-state index < -0.39 is 0 Å². The molecule has 43 heavy (non-hydrogen) atoms. The number of nitriles is 1. The summed E-state index contributed by atoms with van der Waals surface area (Å²) in [6, 6.07) is 9.02. The second kappa shape index (κ2) is 12.3. The van der Waals surface area contributed by atoms with Crippen LogP contribution in [0.15, 0.2) is 36.9 Å². The van der Waals surface area contributed by atoms with Gasteiger partial charge >= 0.3 is 6.01 Å². The fraction of sp³-hybridized carbons (Fsp3) is 0.515. The quantitative estimate of drug-likeness (QED) is 0.492. The van der Waals surface area contributed by atoms with Gasteiger partial charge in [-0.25, -0.2) is 0 Å². The van der Waals surface area contributed by atoms with E-state index in [1.807, 2.05) is 7.05 Å². The summed E-state index contributed by atoms with van der Waals surface area (Å²) in [7, 11) is 2.00. The van der Waals surface area contributed by atoms with Gasteiger partial charge in [-0.15, -0.1) is 0 Å². The molecule has 2 aromatic rings. The van der Waals surface area contributed by atoms with E-state index in [0.717, 1.165) is 36.5 Å². The molecule has 1 unspecified atom stereocenters. The van der Waals surface area contributed by atoms with E-state index in [1.165, 1.54) is 22.9 Å². The van der Waals surface area contributed by atoms with Crippen molar-refractivity contribution in [2.75, 3.05) is 56.2 Å². The van der Waals surface area contributed by atoms with Gasteiger partial charge in [-0.05, 0) is 49.9 Å². The van der Waals surface area contributed by atoms with Crippen LogP contribution in [0.25, 0.3) is 6.08 Å². The number of hydrogen-bond donors (Lipinski definition) is 1. The Morgan fingerprint density at radius 2 is 2.07 bits per heavy atom. The van der Waals surface area contributed by atoms with Gasteiger partial charge in [-0.2, -0.15) is 15.2 Å². The van der Waals surface area contributed by atoms with Crippen molar-refractivity contribution in [3.63, 3.8) is 0 Å². The summed E-state index contributed by atoms with van der Waals surface area (Å²) in [6.07, 6.45) is 8.22. The van der Waals surface area contributed by atoms with Gasteiger partial charge in [0, 0.05) is 55.6 Å². The molecule has 2 saturated heterocycles. The van der Waals surface area contributed by atoms with Crippen molar-refractivity contribution in [1.82, 2.24) is 19.8 Å². The monoisotopic (exact) mass is 583 g/mol. The lowest BCUT2D eigenvalue weighted by molar-refractivity contribution is -0.128. The molecule has 0 radical (unpaired) electrons. The molecule has 4 heterocycles. The Morgan fingerprint density at radius 3 is 2.84 bits per heavy atom. The number of carbonyl (C=O) groups excluding carboxylic acids is 1. The number of allylic oxidation sites excluding steroid dienone is 1. The van der Waals surface area contributed by atoms with Crippen LogP contribution in [0, 0.1) is 11.3 Å². The Bertz CT molecular complexity index is 1450. The first kappa shape index (κ1) is 29.1. The highest BCUT2D eigenvalue weighted by molar-refractivity contribution is 5.87. The number of ether oxygens (including phenoxy) is 1. The van der Waals surface area contributed by atoms with Gasteiger partial charge in [0.1, 0.15) is 12.4 Å². The van der Waals surface area contributed by atoms with Gasteiger partial charge in [0.05, 0.1) is 36.9 Å². The molecule has 1 N–H and O–H groups in total. The molecule has 10 heteroatoms. The first-order valence-electron chi connectivity index (χ1n) is 15.4. The van der Waals surface area contributed by atoms with Crippen LogP contribution in [-0.4, -0.2) is 95.3 Å². The zero-order chi connectivity index (χ0) is 30.1. The van der Waals surface area contributed by atoms with Crippen LogP contribution < -0.4 is 14.5 Å². The summed E-state index contributed by atoms with van der Waals surface area (Å²) in [6.45, 7) is 10.0. The number of amides is 1.